The zero-order valence-electron chi connectivity index (χ0n) is 18.5. The van der Waals surface area contributed by atoms with E-state index in [2.05, 4.69) is 11.4 Å². The minimum absolute atomic E-state index is 0.321. The van der Waals surface area contributed by atoms with Crippen molar-refractivity contribution in [3.63, 3.8) is 0 Å². The lowest BCUT2D eigenvalue weighted by molar-refractivity contribution is -0.153. The van der Waals surface area contributed by atoms with Gasteiger partial charge in [-0.25, -0.2) is 4.79 Å². The molecule has 0 fully saturated rings. The summed E-state index contributed by atoms with van der Waals surface area (Å²) < 4.78 is 12.4. The first-order valence-electron chi connectivity index (χ1n) is 10.2. The molecular formula is C25H22N4O4. The van der Waals surface area contributed by atoms with E-state index in [1.807, 2.05) is 50.2 Å². The maximum absolute atomic E-state index is 12.6. The maximum atomic E-state index is 12.6. The third kappa shape index (κ3) is 5.20. The van der Waals surface area contributed by atoms with Gasteiger partial charge in [-0.05, 0) is 62.7 Å². The first-order valence-corrected chi connectivity index (χ1v) is 10.2. The van der Waals surface area contributed by atoms with Crippen LogP contribution in [0.3, 0.4) is 0 Å². The van der Waals surface area contributed by atoms with Crippen LogP contribution >= 0.6 is 0 Å². The van der Waals surface area contributed by atoms with E-state index in [9.17, 15) is 14.9 Å². The highest BCUT2D eigenvalue weighted by Crippen LogP contribution is 2.29. The topological polar surface area (TPSA) is 117 Å². The fourth-order valence-corrected chi connectivity index (χ4v) is 3.24. The number of hydrogen-bond donors (Lipinski definition) is 1. The third-order valence-electron chi connectivity index (χ3n) is 5.07. The Morgan fingerprint density at radius 3 is 2.30 bits per heavy atom. The molecule has 1 amide bonds. The number of para-hydroxylation sites is 1. The molecule has 166 valence electrons. The number of rotatable bonds is 7. The highest BCUT2D eigenvalue weighted by molar-refractivity contribution is 5.94. The molecule has 8 nitrogen and oxygen atoms in total. The van der Waals surface area contributed by atoms with Gasteiger partial charge in [-0.15, -0.1) is 0 Å². The molecule has 33 heavy (non-hydrogen) atoms. The van der Waals surface area contributed by atoms with Gasteiger partial charge < -0.3 is 14.8 Å². The summed E-state index contributed by atoms with van der Waals surface area (Å²) in [5.41, 5.74) is 3.16. The van der Waals surface area contributed by atoms with Gasteiger partial charge in [0.2, 0.25) is 0 Å². The van der Waals surface area contributed by atoms with Gasteiger partial charge in [0, 0.05) is 11.4 Å². The lowest BCUT2D eigenvalue weighted by atomic mass is 10.2. The largest absolute Gasteiger partial charge is 0.479 e. The molecule has 1 unspecified atom stereocenters. The Kier molecular flexibility index (Phi) is 7.12. The lowest BCUT2D eigenvalue weighted by Crippen LogP contribution is -2.30. The predicted octanol–water partition coefficient (Wildman–Crippen LogP) is 3.79. The van der Waals surface area contributed by atoms with Crippen LogP contribution in [0.5, 0.6) is 5.75 Å². The summed E-state index contributed by atoms with van der Waals surface area (Å²) in [5, 5.41) is 21.2. The summed E-state index contributed by atoms with van der Waals surface area (Å²) in [7, 11) is 0. The van der Waals surface area contributed by atoms with E-state index in [0.29, 0.717) is 22.7 Å². The van der Waals surface area contributed by atoms with Crippen LogP contribution in [-0.2, 0) is 14.3 Å². The van der Waals surface area contributed by atoms with Gasteiger partial charge in [0.1, 0.15) is 17.6 Å². The molecule has 1 atom stereocenters. The van der Waals surface area contributed by atoms with E-state index < -0.39 is 24.6 Å². The van der Waals surface area contributed by atoms with Crippen molar-refractivity contribution in [2.24, 2.45) is 0 Å². The molecule has 0 saturated carbocycles. The van der Waals surface area contributed by atoms with Crippen LogP contribution in [0.4, 0.5) is 5.82 Å². The van der Waals surface area contributed by atoms with Crippen molar-refractivity contribution < 1.29 is 19.1 Å². The first-order chi connectivity index (χ1) is 15.8. The second kappa shape index (κ2) is 10.2. The van der Waals surface area contributed by atoms with E-state index in [0.717, 1.165) is 16.9 Å². The van der Waals surface area contributed by atoms with E-state index in [1.165, 1.54) is 6.92 Å². The number of hydrogen-bond acceptors (Lipinski definition) is 6. The Balaban J connectivity index is 1.67. The molecule has 1 aromatic heterocycles. The van der Waals surface area contributed by atoms with Crippen LogP contribution in [-0.4, -0.2) is 29.2 Å². The molecule has 0 bridgehead atoms. The minimum Gasteiger partial charge on any atom is -0.479 e. The van der Waals surface area contributed by atoms with Gasteiger partial charge in [-0.1, -0.05) is 18.2 Å². The van der Waals surface area contributed by atoms with Gasteiger partial charge in [0.15, 0.2) is 12.7 Å². The van der Waals surface area contributed by atoms with Crippen LogP contribution < -0.4 is 10.1 Å². The third-order valence-corrected chi connectivity index (χ3v) is 5.07. The summed E-state index contributed by atoms with van der Waals surface area (Å²) in [6.45, 7) is 4.63. The molecule has 0 spiro atoms. The molecule has 0 aliphatic carbocycles. The fourth-order valence-electron chi connectivity index (χ4n) is 3.24. The molecule has 0 saturated heterocycles. The number of benzene rings is 2. The van der Waals surface area contributed by atoms with Crippen LogP contribution in [0.15, 0.2) is 54.6 Å². The molecule has 1 N–H and O–H groups in total. The second-order valence-corrected chi connectivity index (χ2v) is 7.27. The standard InChI is InChI=1S/C25H22N4O4/c1-16-17(2)29(20-7-5-4-6-8-20)24(22(16)14-27)28-23(30)15-32-25(31)18(3)33-21-11-9-19(13-26)10-12-21/h4-12,18H,15H2,1-3H3,(H,28,30). The van der Waals surface area contributed by atoms with E-state index >= 15 is 0 Å². The molecule has 3 rings (SSSR count). The summed E-state index contributed by atoms with van der Waals surface area (Å²) in [6, 6.07) is 19.7. The molecular weight excluding hydrogens is 420 g/mol. The van der Waals surface area contributed by atoms with Crippen LogP contribution in [0.25, 0.3) is 5.69 Å². The molecule has 2 aromatic carbocycles. The SMILES string of the molecule is Cc1c(C#N)c(NC(=O)COC(=O)C(C)Oc2ccc(C#N)cc2)n(-c2ccccc2)c1C. The summed E-state index contributed by atoms with van der Waals surface area (Å²) in [4.78, 5) is 24.8. The molecule has 0 aliphatic rings. The average Bonchev–Trinajstić information content (AvgIpc) is 3.07. The number of ether oxygens (including phenoxy) is 2. The monoisotopic (exact) mass is 442 g/mol. The van der Waals surface area contributed by atoms with Gasteiger partial charge in [0.25, 0.3) is 5.91 Å². The number of carbonyl (C=O) groups excluding carboxylic acids is 2. The van der Waals surface area contributed by atoms with Crippen LogP contribution in [0.1, 0.15) is 29.3 Å². The molecule has 8 heteroatoms. The van der Waals surface area contributed by atoms with Crippen LogP contribution in [0, 0.1) is 36.5 Å². The summed E-state index contributed by atoms with van der Waals surface area (Å²) in [5.74, 6) is -0.587. The zero-order valence-corrected chi connectivity index (χ0v) is 18.5. The van der Waals surface area contributed by atoms with E-state index in [-0.39, 0.29) is 0 Å². The Morgan fingerprint density at radius 1 is 1.03 bits per heavy atom. The fraction of sp³-hybridized carbons (Fsp3) is 0.200. The highest BCUT2D eigenvalue weighted by Gasteiger charge is 2.22. The summed E-state index contributed by atoms with van der Waals surface area (Å²) in [6.07, 6.45) is -0.960. The van der Waals surface area contributed by atoms with Gasteiger partial charge >= 0.3 is 5.97 Å². The van der Waals surface area contributed by atoms with Crippen molar-refractivity contribution in [1.29, 1.82) is 10.5 Å². The average molecular weight is 442 g/mol. The van der Waals surface area contributed by atoms with Crippen LogP contribution in [0.2, 0.25) is 0 Å². The number of carbonyl (C=O) groups is 2. The normalized spacial score (nSPS) is 11.1. The van der Waals surface area contributed by atoms with Crippen molar-refractivity contribution in [2.45, 2.75) is 26.9 Å². The van der Waals surface area contributed by atoms with E-state index in [1.54, 1.807) is 28.8 Å². The molecule has 3 aromatic rings. The Morgan fingerprint density at radius 2 is 1.70 bits per heavy atom. The number of anilines is 1. The Labute approximate surface area is 191 Å². The predicted molar refractivity (Wildman–Crippen MR) is 121 cm³/mol. The number of amides is 1. The zero-order chi connectivity index (χ0) is 24.0. The maximum Gasteiger partial charge on any atom is 0.347 e. The minimum atomic E-state index is -0.960. The number of nitrogens with zero attached hydrogens (tertiary/aromatic N) is 3. The Hall–Kier alpha value is -4.56. The van der Waals surface area contributed by atoms with Crippen molar-refractivity contribution in [2.75, 3.05) is 11.9 Å². The smallest absolute Gasteiger partial charge is 0.347 e. The van der Waals surface area contributed by atoms with Gasteiger partial charge in [0.05, 0.1) is 17.2 Å². The van der Waals surface area contributed by atoms with E-state index in [4.69, 9.17) is 14.7 Å². The second-order valence-electron chi connectivity index (χ2n) is 7.27. The van der Waals surface area contributed by atoms with Crippen molar-refractivity contribution in [1.82, 2.24) is 4.57 Å². The van der Waals surface area contributed by atoms with Crippen molar-refractivity contribution in [3.05, 3.63) is 77.0 Å². The number of nitrogens with one attached hydrogen (secondary N) is 1. The highest BCUT2D eigenvalue weighted by atomic mass is 16.6. The van der Waals surface area contributed by atoms with Crippen molar-refractivity contribution in [3.8, 4) is 23.6 Å². The number of aromatic nitrogens is 1. The quantitative estimate of drug-likeness (QED) is 0.557. The van der Waals surface area contributed by atoms with Crippen molar-refractivity contribution >= 4 is 17.7 Å². The lowest BCUT2D eigenvalue weighted by Gasteiger charge is -2.15. The Bertz CT molecular complexity index is 1250. The number of nitriles is 2. The number of esters is 1. The molecule has 0 aliphatic heterocycles. The van der Waals surface area contributed by atoms with Gasteiger partial charge in [-0.2, -0.15) is 10.5 Å². The van der Waals surface area contributed by atoms with Gasteiger partial charge in [-0.3, -0.25) is 9.36 Å². The summed E-state index contributed by atoms with van der Waals surface area (Å²) >= 11 is 0. The molecule has 0 radical (unpaired) electrons. The first kappa shape index (κ1) is 23.1. The molecule has 1 heterocycles.